The van der Waals surface area contributed by atoms with Crippen LogP contribution in [0, 0.1) is 5.92 Å². The fourth-order valence-electron chi connectivity index (χ4n) is 2.63. The predicted octanol–water partition coefficient (Wildman–Crippen LogP) is 0.670. The van der Waals surface area contributed by atoms with Gasteiger partial charge in [-0.2, -0.15) is 0 Å². The third-order valence-electron chi connectivity index (χ3n) is 3.72. The van der Waals surface area contributed by atoms with Crippen LogP contribution in [0.3, 0.4) is 0 Å². The van der Waals surface area contributed by atoms with Gasteiger partial charge in [0.05, 0.1) is 13.2 Å². The van der Waals surface area contributed by atoms with Crippen molar-refractivity contribution in [2.75, 3.05) is 19.8 Å². The molecule has 2 atom stereocenters. The Labute approximate surface area is 97.1 Å². The van der Waals surface area contributed by atoms with E-state index in [-0.39, 0.29) is 11.9 Å². The van der Waals surface area contributed by atoms with Gasteiger partial charge in [-0.1, -0.05) is 12.8 Å². The Morgan fingerprint density at radius 3 is 2.81 bits per heavy atom. The second-order valence-electron chi connectivity index (χ2n) is 4.92. The van der Waals surface area contributed by atoms with Crippen LogP contribution in [0.1, 0.15) is 32.6 Å². The molecule has 1 aliphatic carbocycles. The Balaban J connectivity index is 1.76. The molecule has 0 aromatic rings. The molecule has 0 bridgehead atoms. The van der Waals surface area contributed by atoms with Crippen molar-refractivity contribution in [2.24, 2.45) is 5.92 Å². The van der Waals surface area contributed by atoms with E-state index >= 15 is 0 Å². The van der Waals surface area contributed by atoms with Crippen LogP contribution in [-0.2, 0) is 9.53 Å². The zero-order valence-electron chi connectivity index (χ0n) is 10.00. The molecular formula is C12H22N2O2. The lowest BCUT2D eigenvalue weighted by molar-refractivity contribution is -0.126. The first-order chi connectivity index (χ1) is 7.77. The number of ether oxygens (including phenoxy) is 1. The molecule has 0 spiro atoms. The van der Waals surface area contributed by atoms with Crippen LogP contribution in [-0.4, -0.2) is 37.7 Å². The fraction of sp³-hybridized carbons (Fsp3) is 0.917. The molecule has 1 unspecified atom stereocenters. The SMILES string of the molecule is C[C@H](NC(=O)C1COCCN1)C1CCCC1. The van der Waals surface area contributed by atoms with E-state index in [9.17, 15) is 4.79 Å². The summed E-state index contributed by atoms with van der Waals surface area (Å²) >= 11 is 0. The normalized spacial score (nSPS) is 28.9. The first-order valence-corrected chi connectivity index (χ1v) is 6.39. The number of carbonyl (C=O) groups is 1. The molecule has 4 heteroatoms. The standard InChI is InChI=1S/C12H22N2O2/c1-9(10-4-2-3-5-10)14-12(15)11-8-16-7-6-13-11/h9-11,13H,2-8H2,1H3,(H,14,15)/t9-,11?/m0/s1. The third-order valence-corrected chi connectivity index (χ3v) is 3.72. The quantitative estimate of drug-likeness (QED) is 0.743. The second-order valence-corrected chi connectivity index (χ2v) is 4.92. The highest BCUT2D eigenvalue weighted by molar-refractivity contribution is 5.82. The molecule has 2 fully saturated rings. The molecule has 1 saturated carbocycles. The molecule has 2 N–H and O–H groups in total. The average molecular weight is 226 g/mol. The largest absolute Gasteiger partial charge is 0.378 e. The summed E-state index contributed by atoms with van der Waals surface area (Å²) in [6, 6.07) is 0.149. The van der Waals surface area contributed by atoms with Gasteiger partial charge in [0.15, 0.2) is 0 Å². The lowest BCUT2D eigenvalue weighted by atomic mass is 9.99. The number of morpholine rings is 1. The van der Waals surface area contributed by atoms with Gasteiger partial charge in [-0.25, -0.2) is 0 Å². The summed E-state index contributed by atoms with van der Waals surface area (Å²) in [5.41, 5.74) is 0. The van der Waals surface area contributed by atoms with E-state index in [1.165, 1.54) is 25.7 Å². The lowest BCUT2D eigenvalue weighted by Crippen LogP contribution is -2.53. The first-order valence-electron chi connectivity index (χ1n) is 6.39. The maximum atomic E-state index is 11.9. The van der Waals surface area contributed by atoms with Crippen LogP contribution in [0.25, 0.3) is 0 Å². The van der Waals surface area contributed by atoms with Crippen molar-refractivity contribution in [2.45, 2.75) is 44.7 Å². The number of hydrogen-bond donors (Lipinski definition) is 2. The minimum absolute atomic E-state index is 0.0964. The molecule has 1 aliphatic heterocycles. The molecule has 0 aromatic carbocycles. The number of carbonyl (C=O) groups excluding carboxylic acids is 1. The average Bonchev–Trinajstić information content (AvgIpc) is 2.83. The van der Waals surface area contributed by atoms with E-state index in [0.717, 1.165) is 6.54 Å². The highest BCUT2D eigenvalue weighted by atomic mass is 16.5. The van der Waals surface area contributed by atoms with Gasteiger partial charge >= 0.3 is 0 Å². The summed E-state index contributed by atoms with van der Waals surface area (Å²) in [7, 11) is 0. The Morgan fingerprint density at radius 2 is 2.19 bits per heavy atom. The van der Waals surface area contributed by atoms with Crippen LogP contribution in [0.4, 0.5) is 0 Å². The summed E-state index contributed by atoms with van der Waals surface area (Å²) in [5.74, 6) is 0.771. The molecule has 1 heterocycles. The van der Waals surface area contributed by atoms with Gasteiger partial charge in [-0.3, -0.25) is 4.79 Å². The second kappa shape index (κ2) is 5.64. The topological polar surface area (TPSA) is 50.4 Å². The number of nitrogens with one attached hydrogen (secondary N) is 2. The van der Waals surface area contributed by atoms with Crippen molar-refractivity contribution in [1.29, 1.82) is 0 Å². The van der Waals surface area contributed by atoms with Crippen molar-refractivity contribution in [1.82, 2.24) is 10.6 Å². The van der Waals surface area contributed by atoms with Gasteiger partial charge in [0.25, 0.3) is 0 Å². The molecule has 2 rings (SSSR count). The minimum atomic E-state index is -0.155. The van der Waals surface area contributed by atoms with Crippen molar-refractivity contribution in [3.05, 3.63) is 0 Å². The van der Waals surface area contributed by atoms with E-state index < -0.39 is 0 Å². The van der Waals surface area contributed by atoms with Crippen LogP contribution in [0.15, 0.2) is 0 Å². The first kappa shape index (κ1) is 11.9. The van der Waals surface area contributed by atoms with Crippen LogP contribution in [0.2, 0.25) is 0 Å². The van der Waals surface area contributed by atoms with Gasteiger partial charge < -0.3 is 15.4 Å². The minimum Gasteiger partial charge on any atom is -0.378 e. The predicted molar refractivity (Wildman–Crippen MR) is 62.2 cm³/mol. The molecule has 0 aromatic heterocycles. The fourth-order valence-corrected chi connectivity index (χ4v) is 2.63. The van der Waals surface area contributed by atoms with E-state index in [1.54, 1.807) is 0 Å². The zero-order valence-corrected chi connectivity index (χ0v) is 10.00. The summed E-state index contributed by atoms with van der Waals surface area (Å²) < 4.78 is 5.29. The van der Waals surface area contributed by atoms with Gasteiger partial charge in [-0.05, 0) is 25.7 Å². The van der Waals surface area contributed by atoms with Gasteiger partial charge in [0, 0.05) is 12.6 Å². The molecule has 2 aliphatic rings. The molecule has 16 heavy (non-hydrogen) atoms. The number of amides is 1. The van der Waals surface area contributed by atoms with Crippen LogP contribution >= 0.6 is 0 Å². The van der Waals surface area contributed by atoms with Crippen molar-refractivity contribution >= 4 is 5.91 Å². The van der Waals surface area contributed by atoms with E-state index in [0.29, 0.717) is 25.2 Å². The maximum Gasteiger partial charge on any atom is 0.239 e. The zero-order chi connectivity index (χ0) is 11.4. The van der Waals surface area contributed by atoms with Gasteiger partial charge in [-0.15, -0.1) is 0 Å². The summed E-state index contributed by atoms with van der Waals surface area (Å²) in [6.07, 6.45) is 5.15. The molecular weight excluding hydrogens is 204 g/mol. The van der Waals surface area contributed by atoms with E-state index in [1.807, 2.05) is 0 Å². The summed E-state index contributed by atoms with van der Waals surface area (Å²) in [6.45, 7) is 4.11. The van der Waals surface area contributed by atoms with E-state index in [2.05, 4.69) is 17.6 Å². The smallest absolute Gasteiger partial charge is 0.239 e. The van der Waals surface area contributed by atoms with Crippen LogP contribution in [0.5, 0.6) is 0 Å². The Kier molecular flexibility index (Phi) is 4.18. The monoisotopic (exact) mass is 226 g/mol. The molecule has 0 radical (unpaired) electrons. The van der Waals surface area contributed by atoms with Crippen molar-refractivity contribution in [3.63, 3.8) is 0 Å². The number of hydrogen-bond acceptors (Lipinski definition) is 3. The molecule has 4 nitrogen and oxygen atoms in total. The maximum absolute atomic E-state index is 11.9. The van der Waals surface area contributed by atoms with Gasteiger partial charge in [0.1, 0.15) is 6.04 Å². The molecule has 1 amide bonds. The summed E-state index contributed by atoms with van der Waals surface area (Å²) in [5, 5.41) is 6.29. The van der Waals surface area contributed by atoms with Crippen molar-refractivity contribution in [3.8, 4) is 0 Å². The summed E-state index contributed by atoms with van der Waals surface area (Å²) in [4.78, 5) is 11.9. The Morgan fingerprint density at radius 1 is 1.44 bits per heavy atom. The molecule has 92 valence electrons. The van der Waals surface area contributed by atoms with E-state index in [4.69, 9.17) is 4.74 Å². The highest BCUT2D eigenvalue weighted by Crippen LogP contribution is 2.27. The Bertz CT molecular complexity index is 233. The Hall–Kier alpha value is -0.610. The van der Waals surface area contributed by atoms with Crippen molar-refractivity contribution < 1.29 is 9.53 Å². The van der Waals surface area contributed by atoms with Gasteiger partial charge in [0.2, 0.25) is 5.91 Å². The highest BCUT2D eigenvalue weighted by Gasteiger charge is 2.26. The number of rotatable bonds is 3. The van der Waals surface area contributed by atoms with Crippen LogP contribution < -0.4 is 10.6 Å². The molecule has 1 saturated heterocycles. The lowest BCUT2D eigenvalue weighted by Gasteiger charge is -2.26. The third kappa shape index (κ3) is 2.95.